The summed E-state index contributed by atoms with van der Waals surface area (Å²) in [6, 6.07) is 13.1. The van der Waals surface area contributed by atoms with Crippen LogP contribution in [0.2, 0.25) is 5.02 Å². The van der Waals surface area contributed by atoms with Crippen molar-refractivity contribution in [2.45, 2.75) is 9.79 Å². The summed E-state index contributed by atoms with van der Waals surface area (Å²) < 4.78 is 5.36. The van der Waals surface area contributed by atoms with Crippen molar-refractivity contribution < 1.29 is 4.42 Å². The zero-order chi connectivity index (χ0) is 13.7. The molecule has 98 valence electrons. The molecule has 3 nitrogen and oxygen atoms in total. The fourth-order valence-corrected chi connectivity index (χ4v) is 3.54. The fourth-order valence-electron chi connectivity index (χ4n) is 2.28. The molecule has 0 unspecified atom stereocenters. The standard InChI is InChI=1S/C15H8ClNO2S/c16-8-5-6-10-12(7-8)20-14-13(17-10)9-3-1-2-4-11(9)19-15(14)18/h1-7,17H. The lowest BCUT2D eigenvalue weighted by Crippen LogP contribution is -2.10. The van der Waals surface area contributed by atoms with E-state index in [2.05, 4.69) is 5.32 Å². The van der Waals surface area contributed by atoms with Crippen LogP contribution < -0.4 is 10.9 Å². The van der Waals surface area contributed by atoms with E-state index in [0.29, 0.717) is 15.5 Å². The fraction of sp³-hybridized carbons (Fsp3) is 0. The Morgan fingerprint density at radius 2 is 2.00 bits per heavy atom. The normalized spacial score (nSPS) is 12.7. The van der Waals surface area contributed by atoms with Crippen LogP contribution in [0.25, 0.3) is 11.0 Å². The number of para-hydroxylation sites is 1. The minimum Gasteiger partial charge on any atom is -0.422 e. The van der Waals surface area contributed by atoms with Gasteiger partial charge in [0.15, 0.2) is 0 Å². The van der Waals surface area contributed by atoms with E-state index in [1.165, 1.54) is 11.8 Å². The molecule has 0 fully saturated rings. The molecule has 1 aromatic heterocycles. The first kappa shape index (κ1) is 11.9. The number of hydrogen-bond acceptors (Lipinski definition) is 4. The van der Waals surface area contributed by atoms with Crippen molar-refractivity contribution in [1.29, 1.82) is 0 Å². The summed E-state index contributed by atoms with van der Waals surface area (Å²) in [4.78, 5) is 13.6. The van der Waals surface area contributed by atoms with Crippen molar-refractivity contribution in [3.05, 3.63) is 57.9 Å². The molecular weight excluding hydrogens is 294 g/mol. The first-order chi connectivity index (χ1) is 9.72. The topological polar surface area (TPSA) is 42.2 Å². The molecule has 3 aromatic rings. The molecule has 2 aromatic carbocycles. The number of halogens is 1. The van der Waals surface area contributed by atoms with Gasteiger partial charge in [0.1, 0.15) is 10.5 Å². The highest BCUT2D eigenvalue weighted by atomic mass is 35.5. The number of anilines is 2. The SMILES string of the molecule is O=c1oc2ccccc2c2c1Sc1cc(Cl)ccc1N2. The lowest BCUT2D eigenvalue weighted by molar-refractivity contribution is 0.544. The zero-order valence-electron chi connectivity index (χ0n) is 10.1. The summed E-state index contributed by atoms with van der Waals surface area (Å²) in [6.07, 6.45) is 0. The zero-order valence-corrected chi connectivity index (χ0v) is 11.7. The lowest BCUT2D eigenvalue weighted by Gasteiger charge is -2.21. The van der Waals surface area contributed by atoms with Gasteiger partial charge in [0.05, 0.1) is 11.4 Å². The third kappa shape index (κ3) is 1.72. The van der Waals surface area contributed by atoms with Crippen LogP contribution in [-0.4, -0.2) is 0 Å². The monoisotopic (exact) mass is 301 g/mol. The van der Waals surface area contributed by atoms with Crippen LogP contribution in [0.3, 0.4) is 0 Å². The average molecular weight is 302 g/mol. The summed E-state index contributed by atoms with van der Waals surface area (Å²) in [5, 5.41) is 4.86. The molecule has 1 aliphatic heterocycles. The molecule has 0 radical (unpaired) electrons. The predicted octanol–water partition coefficient (Wildman–Crippen LogP) is 4.65. The second-order valence-corrected chi connectivity index (χ2v) is 5.95. The quantitative estimate of drug-likeness (QED) is 0.480. The van der Waals surface area contributed by atoms with Gasteiger partial charge in [-0.3, -0.25) is 0 Å². The van der Waals surface area contributed by atoms with Gasteiger partial charge < -0.3 is 9.73 Å². The summed E-state index contributed by atoms with van der Waals surface area (Å²) in [6.45, 7) is 0. The van der Waals surface area contributed by atoms with Gasteiger partial charge in [0.25, 0.3) is 0 Å². The molecule has 0 saturated heterocycles. The lowest BCUT2D eigenvalue weighted by atomic mass is 10.2. The van der Waals surface area contributed by atoms with Crippen molar-refractivity contribution in [3.8, 4) is 0 Å². The van der Waals surface area contributed by atoms with Crippen LogP contribution in [0.15, 0.2) is 61.5 Å². The Hall–Kier alpha value is -1.91. The van der Waals surface area contributed by atoms with E-state index in [-0.39, 0.29) is 5.63 Å². The number of benzene rings is 2. The van der Waals surface area contributed by atoms with Crippen molar-refractivity contribution in [2.24, 2.45) is 0 Å². The van der Waals surface area contributed by atoms with E-state index in [0.717, 1.165) is 21.7 Å². The first-order valence-corrected chi connectivity index (χ1v) is 7.22. The van der Waals surface area contributed by atoms with Crippen molar-refractivity contribution in [2.75, 3.05) is 5.32 Å². The Labute approximate surface area is 123 Å². The molecule has 2 heterocycles. The van der Waals surface area contributed by atoms with Crippen LogP contribution in [0.1, 0.15) is 0 Å². The average Bonchev–Trinajstić information content (AvgIpc) is 2.46. The van der Waals surface area contributed by atoms with Gasteiger partial charge in [-0.2, -0.15) is 0 Å². The van der Waals surface area contributed by atoms with E-state index in [1.807, 2.05) is 36.4 Å². The van der Waals surface area contributed by atoms with Gasteiger partial charge in [0, 0.05) is 15.3 Å². The smallest absolute Gasteiger partial charge is 0.352 e. The molecular formula is C15H8ClNO2S. The van der Waals surface area contributed by atoms with Gasteiger partial charge >= 0.3 is 5.63 Å². The second-order valence-electron chi connectivity index (χ2n) is 4.46. The summed E-state index contributed by atoms with van der Waals surface area (Å²) in [5.74, 6) is 0. The van der Waals surface area contributed by atoms with Crippen LogP contribution >= 0.6 is 23.4 Å². The van der Waals surface area contributed by atoms with Gasteiger partial charge in [-0.25, -0.2) is 4.79 Å². The maximum absolute atomic E-state index is 12.1. The number of hydrogen-bond donors (Lipinski definition) is 1. The molecule has 20 heavy (non-hydrogen) atoms. The molecule has 0 atom stereocenters. The third-order valence-electron chi connectivity index (χ3n) is 3.19. The first-order valence-electron chi connectivity index (χ1n) is 6.02. The molecule has 4 rings (SSSR count). The maximum atomic E-state index is 12.1. The minimum absolute atomic E-state index is 0.332. The molecule has 0 saturated carbocycles. The number of nitrogens with one attached hydrogen (secondary N) is 1. The molecule has 0 aliphatic carbocycles. The summed E-state index contributed by atoms with van der Waals surface area (Å²) in [5.41, 5.74) is 2.00. The van der Waals surface area contributed by atoms with E-state index < -0.39 is 0 Å². The van der Waals surface area contributed by atoms with Gasteiger partial charge in [-0.1, -0.05) is 35.5 Å². The van der Waals surface area contributed by atoms with Gasteiger partial charge in [-0.15, -0.1) is 0 Å². The third-order valence-corrected chi connectivity index (χ3v) is 4.55. The van der Waals surface area contributed by atoms with E-state index in [9.17, 15) is 4.79 Å². The van der Waals surface area contributed by atoms with Crippen LogP contribution in [0, 0.1) is 0 Å². The van der Waals surface area contributed by atoms with E-state index in [1.54, 1.807) is 6.07 Å². The van der Waals surface area contributed by atoms with Crippen molar-refractivity contribution >= 4 is 45.7 Å². The van der Waals surface area contributed by atoms with E-state index in [4.69, 9.17) is 16.0 Å². The Kier molecular flexibility index (Phi) is 2.55. The van der Waals surface area contributed by atoms with Gasteiger partial charge in [-0.05, 0) is 30.3 Å². The van der Waals surface area contributed by atoms with Crippen LogP contribution in [0.5, 0.6) is 0 Å². The second kappa shape index (κ2) is 4.30. The molecule has 0 amide bonds. The van der Waals surface area contributed by atoms with Crippen molar-refractivity contribution in [1.82, 2.24) is 0 Å². The predicted molar refractivity (Wildman–Crippen MR) is 81.3 cm³/mol. The Bertz CT molecular complexity index is 904. The summed E-state index contributed by atoms with van der Waals surface area (Å²) in [7, 11) is 0. The molecule has 0 bridgehead atoms. The van der Waals surface area contributed by atoms with E-state index >= 15 is 0 Å². The van der Waals surface area contributed by atoms with Crippen molar-refractivity contribution in [3.63, 3.8) is 0 Å². The maximum Gasteiger partial charge on any atom is 0.352 e. The highest BCUT2D eigenvalue weighted by molar-refractivity contribution is 7.99. The Morgan fingerprint density at radius 3 is 2.90 bits per heavy atom. The van der Waals surface area contributed by atoms with Crippen LogP contribution in [0.4, 0.5) is 11.4 Å². The molecule has 1 aliphatic rings. The Morgan fingerprint density at radius 1 is 1.15 bits per heavy atom. The number of rotatable bonds is 0. The largest absolute Gasteiger partial charge is 0.422 e. The minimum atomic E-state index is -0.332. The summed E-state index contributed by atoms with van der Waals surface area (Å²) >= 11 is 7.38. The molecule has 1 N–H and O–H groups in total. The highest BCUT2D eigenvalue weighted by Gasteiger charge is 2.22. The molecule has 0 spiro atoms. The van der Waals surface area contributed by atoms with Gasteiger partial charge in [0.2, 0.25) is 0 Å². The number of fused-ring (bicyclic) bond motifs is 4. The highest BCUT2D eigenvalue weighted by Crippen LogP contribution is 2.45. The molecule has 5 heteroatoms. The Balaban J connectivity index is 2.01. The van der Waals surface area contributed by atoms with Crippen LogP contribution in [-0.2, 0) is 0 Å².